The number of aromatic amines is 1. The van der Waals surface area contributed by atoms with Gasteiger partial charge in [0.15, 0.2) is 5.82 Å². The Balaban J connectivity index is 2.15. The molecule has 0 saturated carbocycles. The number of ether oxygens (including phenoxy) is 1. The SMILES string of the molecule is COCc1ccccc1C(=O)Nc1cc(C(C)C)[nH]n1. The first-order chi connectivity index (χ1) is 9.61. The molecule has 2 aromatic rings. The highest BCUT2D eigenvalue weighted by molar-refractivity contribution is 6.04. The van der Waals surface area contributed by atoms with Gasteiger partial charge in [0.1, 0.15) is 0 Å². The molecule has 0 aliphatic carbocycles. The highest BCUT2D eigenvalue weighted by Gasteiger charge is 2.13. The predicted octanol–water partition coefficient (Wildman–Crippen LogP) is 2.93. The molecule has 0 unspecified atom stereocenters. The second-order valence-electron chi connectivity index (χ2n) is 4.91. The Bertz CT molecular complexity index is 590. The number of amides is 1. The summed E-state index contributed by atoms with van der Waals surface area (Å²) in [6.07, 6.45) is 0. The van der Waals surface area contributed by atoms with Crippen molar-refractivity contribution < 1.29 is 9.53 Å². The molecule has 20 heavy (non-hydrogen) atoms. The Hall–Kier alpha value is -2.14. The minimum Gasteiger partial charge on any atom is -0.380 e. The van der Waals surface area contributed by atoms with Crippen molar-refractivity contribution in [3.8, 4) is 0 Å². The lowest BCUT2D eigenvalue weighted by Crippen LogP contribution is -2.14. The van der Waals surface area contributed by atoms with E-state index >= 15 is 0 Å². The van der Waals surface area contributed by atoms with Gasteiger partial charge in [0.05, 0.1) is 6.61 Å². The van der Waals surface area contributed by atoms with E-state index in [2.05, 4.69) is 29.4 Å². The lowest BCUT2D eigenvalue weighted by atomic mass is 10.1. The fourth-order valence-corrected chi connectivity index (χ4v) is 1.90. The molecule has 0 bridgehead atoms. The van der Waals surface area contributed by atoms with Crippen LogP contribution in [0.15, 0.2) is 30.3 Å². The molecule has 1 heterocycles. The molecule has 5 nitrogen and oxygen atoms in total. The number of carbonyl (C=O) groups is 1. The quantitative estimate of drug-likeness (QED) is 0.880. The highest BCUT2D eigenvalue weighted by atomic mass is 16.5. The molecular formula is C15H19N3O2. The van der Waals surface area contributed by atoms with Crippen LogP contribution < -0.4 is 5.32 Å². The topological polar surface area (TPSA) is 67.0 Å². The summed E-state index contributed by atoms with van der Waals surface area (Å²) in [5, 5.41) is 9.80. The zero-order valence-corrected chi connectivity index (χ0v) is 11.9. The van der Waals surface area contributed by atoms with Gasteiger partial charge in [0.2, 0.25) is 0 Å². The normalized spacial score (nSPS) is 10.8. The summed E-state index contributed by atoms with van der Waals surface area (Å²) in [6, 6.07) is 9.22. The van der Waals surface area contributed by atoms with Gasteiger partial charge < -0.3 is 10.1 Å². The molecular weight excluding hydrogens is 254 g/mol. The van der Waals surface area contributed by atoms with Gasteiger partial charge in [-0.1, -0.05) is 32.0 Å². The van der Waals surface area contributed by atoms with Crippen molar-refractivity contribution >= 4 is 11.7 Å². The molecule has 5 heteroatoms. The van der Waals surface area contributed by atoms with Crippen LogP contribution in [0.3, 0.4) is 0 Å². The van der Waals surface area contributed by atoms with Gasteiger partial charge in [0.25, 0.3) is 5.91 Å². The molecule has 0 saturated heterocycles. The maximum Gasteiger partial charge on any atom is 0.257 e. The molecule has 0 fully saturated rings. The number of anilines is 1. The number of aromatic nitrogens is 2. The Morgan fingerprint density at radius 1 is 1.40 bits per heavy atom. The van der Waals surface area contributed by atoms with Crippen molar-refractivity contribution in [1.82, 2.24) is 10.2 Å². The van der Waals surface area contributed by atoms with Gasteiger partial charge in [-0.05, 0) is 17.5 Å². The maximum atomic E-state index is 12.3. The van der Waals surface area contributed by atoms with Gasteiger partial charge in [0, 0.05) is 24.4 Å². The molecule has 0 atom stereocenters. The van der Waals surface area contributed by atoms with Gasteiger partial charge in [-0.15, -0.1) is 0 Å². The number of nitrogens with one attached hydrogen (secondary N) is 2. The van der Waals surface area contributed by atoms with E-state index in [4.69, 9.17) is 4.74 Å². The fourth-order valence-electron chi connectivity index (χ4n) is 1.90. The highest BCUT2D eigenvalue weighted by Crippen LogP contribution is 2.16. The average molecular weight is 273 g/mol. The van der Waals surface area contributed by atoms with Crippen LogP contribution in [0.2, 0.25) is 0 Å². The van der Waals surface area contributed by atoms with Gasteiger partial charge >= 0.3 is 0 Å². The Kier molecular flexibility index (Phi) is 4.53. The maximum absolute atomic E-state index is 12.3. The van der Waals surface area contributed by atoms with Crippen molar-refractivity contribution in [2.75, 3.05) is 12.4 Å². The number of benzene rings is 1. The summed E-state index contributed by atoms with van der Waals surface area (Å²) in [6.45, 7) is 4.53. The van der Waals surface area contributed by atoms with E-state index in [0.717, 1.165) is 11.3 Å². The number of methoxy groups -OCH3 is 1. The van der Waals surface area contributed by atoms with E-state index in [9.17, 15) is 4.79 Å². The van der Waals surface area contributed by atoms with Gasteiger partial charge in [-0.2, -0.15) is 5.10 Å². The third-order valence-electron chi connectivity index (χ3n) is 3.02. The summed E-state index contributed by atoms with van der Waals surface area (Å²) < 4.78 is 5.10. The smallest absolute Gasteiger partial charge is 0.257 e. The third kappa shape index (κ3) is 3.24. The first kappa shape index (κ1) is 14.3. The predicted molar refractivity (Wildman–Crippen MR) is 77.8 cm³/mol. The largest absolute Gasteiger partial charge is 0.380 e. The molecule has 106 valence electrons. The minimum atomic E-state index is -0.181. The van der Waals surface area contributed by atoms with E-state index in [0.29, 0.717) is 23.9 Å². The second kappa shape index (κ2) is 6.34. The van der Waals surface area contributed by atoms with Crippen LogP contribution in [-0.2, 0) is 11.3 Å². The van der Waals surface area contributed by atoms with Crippen molar-refractivity contribution in [2.45, 2.75) is 26.4 Å². The van der Waals surface area contributed by atoms with Crippen molar-refractivity contribution in [2.24, 2.45) is 0 Å². The number of rotatable bonds is 5. The molecule has 1 amide bonds. The Morgan fingerprint density at radius 2 is 2.15 bits per heavy atom. The lowest BCUT2D eigenvalue weighted by Gasteiger charge is -2.07. The molecule has 1 aromatic heterocycles. The Labute approximate surface area is 118 Å². The van der Waals surface area contributed by atoms with Crippen molar-refractivity contribution in [1.29, 1.82) is 0 Å². The molecule has 2 rings (SSSR count). The van der Waals surface area contributed by atoms with E-state index in [-0.39, 0.29) is 5.91 Å². The number of hydrogen-bond acceptors (Lipinski definition) is 3. The van der Waals surface area contributed by atoms with Gasteiger partial charge in [-0.3, -0.25) is 9.89 Å². The molecule has 2 N–H and O–H groups in total. The first-order valence-corrected chi connectivity index (χ1v) is 6.55. The summed E-state index contributed by atoms with van der Waals surface area (Å²) in [5.74, 6) is 0.694. The van der Waals surface area contributed by atoms with Crippen molar-refractivity contribution in [3.05, 3.63) is 47.2 Å². The van der Waals surface area contributed by atoms with Crippen LogP contribution in [0.5, 0.6) is 0 Å². The second-order valence-corrected chi connectivity index (χ2v) is 4.91. The number of nitrogens with zero attached hydrogens (tertiary/aromatic N) is 1. The summed E-state index contributed by atoms with van der Waals surface area (Å²) in [4.78, 5) is 12.3. The van der Waals surface area contributed by atoms with Crippen LogP contribution in [-0.4, -0.2) is 23.2 Å². The standard InChI is InChI=1S/C15H19N3O2/c1-10(2)13-8-14(18-17-13)16-15(19)12-7-5-4-6-11(12)9-20-3/h4-8,10H,9H2,1-3H3,(H2,16,17,18,19). The third-order valence-corrected chi connectivity index (χ3v) is 3.02. The molecule has 0 radical (unpaired) electrons. The number of hydrogen-bond donors (Lipinski definition) is 2. The zero-order valence-electron chi connectivity index (χ0n) is 11.9. The van der Waals surface area contributed by atoms with Gasteiger partial charge in [-0.25, -0.2) is 0 Å². The molecule has 0 aliphatic rings. The van der Waals surface area contributed by atoms with E-state index < -0.39 is 0 Å². The van der Waals surface area contributed by atoms with Crippen LogP contribution >= 0.6 is 0 Å². The van der Waals surface area contributed by atoms with E-state index in [1.54, 1.807) is 13.2 Å². The summed E-state index contributed by atoms with van der Waals surface area (Å²) in [5.41, 5.74) is 2.45. The van der Waals surface area contributed by atoms with Crippen LogP contribution in [0.4, 0.5) is 5.82 Å². The average Bonchev–Trinajstić information content (AvgIpc) is 2.88. The lowest BCUT2D eigenvalue weighted by molar-refractivity contribution is 0.102. The van der Waals surface area contributed by atoms with Crippen LogP contribution in [0.1, 0.15) is 41.4 Å². The molecule has 0 aliphatic heterocycles. The monoisotopic (exact) mass is 273 g/mol. The van der Waals surface area contributed by atoms with Crippen molar-refractivity contribution in [3.63, 3.8) is 0 Å². The minimum absolute atomic E-state index is 0.181. The van der Waals surface area contributed by atoms with E-state index in [1.807, 2.05) is 24.3 Å². The van der Waals surface area contributed by atoms with Crippen LogP contribution in [0, 0.1) is 0 Å². The number of H-pyrrole nitrogens is 1. The first-order valence-electron chi connectivity index (χ1n) is 6.55. The van der Waals surface area contributed by atoms with E-state index in [1.165, 1.54) is 0 Å². The fraction of sp³-hybridized carbons (Fsp3) is 0.333. The Morgan fingerprint density at radius 3 is 2.80 bits per heavy atom. The zero-order chi connectivity index (χ0) is 14.5. The summed E-state index contributed by atoms with van der Waals surface area (Å²) >= 11 is 0. The molecule has 0 spiro atoms. The summed E-state index contributed by atoms with van der Waals surface area (Å²) in [7, 11) is 1.61. The number of carbonyl (C=O) groups excluding carboxylic acids is 1. The molecule has 1 aromatic carbocycles. The van der Waals surface area contributed by atoms with Crippen LogP contribution in [0.25, 0.3) is 0 Å².